The first-order valence-electron chi connectivity index (χ1n) is 10.9. The fraction of sp³-hybridized carbons (Fsp3) is 0.591. The van der Waals surface area contributed by atoms with Crippen LogP contribution >= 0.6 is 15.9 Å². The summed E-state index contributed by atoms with van der Waals surface area (Å²) in [5.41, 5.74) is -0.0968. The van der Waals surface area contributed by atoms with E-state index < -0.39 is 70.4 Å². The van der Waals surface area contributed by atoms with Crippen molar-refractivity contribution in [2.24, 2.45) is 5.92 Å². The molecule has 2 fully saturated rings. The molecule has 2 saturated heterocycles. The Bertz CT molecular complexity index is 942. The molecule has 3 rings (SSSR count). The highest BCUT2D eigenvalue weighted by atomic mass is 79.9. The van der Waals surface area contributed by atoms with Gasteiger partial charge in [-0.1, -0.05) is 15.9 Å². The van der Waals surface area contributed by atoms with E-state index in [1.165, 1.54) is 12.1 Å². The van der Waals surface area contributed by atoms with Gasteiger partial charge in [-0.15, -0.1) is 4.72 Å². The van der Waals surface area contributed by atoms with Crippen LogP contribution in [0.5, 0.6) is 0 Å². The molecule has 1 aromatic carbocycles. The van der Waals surface area contributed by atoms with Crippen LogP contribution in [0, 0.1) is 11.7 Å². The molecular formula is C22H28BrF2N3O5S. The Kier molecular flexibility index (Phi) is 8.72. The molecule has 2 N–H and O–H groups in total. The lowest BCUT2D eigenvalue weighted by Gasteiger charge is -2.38. The second-order valence-corrected chi connectivity index (χ2v) is 12.2. The number of barbiturate groups is 1. The SMILES string of the molecule is CC(C)(C)[S+]([O-])N[C@@H](c1cc(Br)ccc1F)[C@H](F)C[C@@H]1C(=O)NC(=O)N(C2CCOCC2)C1=O. The predicted octanol–water partition coefficient (Wildman–Crippen LogP) is 3.28. The second-order valence-electron chi connectivity index (χ2n) is 9.29. The molecule has 2 aliphatic rings. The highest BCUT2D eigenvalue weighted by molar-refractivity contribution is 9.10. The Hall–Kier alpha value is -1.60. The van der Waals surface area contributed by atoms with Gasteiger partial charge >= 0.3 is 6.03 Å². The van der Waals surface area contributed by atoms with Crippen LogP contribution in [0.25, 0.3) is 0 Å². The molecule has 0 aliphatic carbocycles. The summed E-state index contributed by atoms with van der Waals surface area (Å²) in [6.07, 6.45) is -1.77. The molecule has 0 bridgehead atoms. The Morgan fingerprint density at radius 1 is 1.29 bits per heavy atom. The van der Waals surface area contributed by atoms with E-state index in [1.807, 2.05) is 0 Å². The number of alkyl halides is 1. The molecule has 0 saturated carbocycles. The first kappa shape index (κ1) is 27.0. The van der Waals surface area contributed by atoms with Crippen LogP contribution in [0.2, 0.25) is 0 Å². The van der Waals surface area contributed by atoms with Crippen LogP contribution in [0.15, 0.2) is 22.7 Å². The third kappa shape index (κ3) is 6.14. The van der Waals surface area contributed by atoms with Gasteiger partial charge in [0.15, 0.2) is 0 Å². The third-order valence-electron chi connectivity index (χ3n) is 5.76. The average molecular weight is 564 g/mol. The monoisotopic (exact) mass is 563 g/mol. The number of rotatable bonds is 7. The summed E-state index contributed by atoms with van der Waals surface area (Å²) in [4.78, 5) is 39.0. The quantitative estimate of drug-likeness (QED) is 0.389. The van der Waals surface area contributed by atoms with Crippen molar-refractivity contribution in [2.75, 3.05) is 13.2 Å². The molecule has 0 aromatic heterocycles. The van der Waals surface area contributed by atoms with Gasteiger partial charge in [-0.25, -0.2) is 13.6 Å². The van der Waals surface area contributed by atoms with E-state index in [1.54, 1.807) is 20.8 Å². The fourth-order valence-electron chi connectivity index (χ4n) is 3.87. The summed E-state index contributed by atoms with van der Waals surface area (Å²) in [5, 5.41) is 2.13. The summed E-state index contributed by atoms with van der Waals surface area (Å²) in [7, 11) is 0. The number of halogens is 3. The maximum absolute atomic E-state index is 15.8. The van der Waals surface area contributed by atoms with E-state index in [4.69, 9.17) is 4.74 Å². The molecule has 34 heavy (non-hydrogen) atoms. The topological polar surface area (TPSA) is 111 Å². The van der Waals surface area contributed by atoms with E-state index in [0.29, 0.717) is 30.5 Å². The van der Waals surface area contributed by atoms with E-state index in [2.05, 4.69) is 26.0 Å². The number of amides is 4. The smallest absolute Gasteiger partial charge is 0.331 e. The molecule has 1 unspecified atom stereocenters. The molecule has 1 aromatic rings. The Morgan fingerprint density at radius 2 is 1.94 bits per heavy atom. The molecule has 4 atom stereocenters. The summed E-state index contributed by atoms with van der Waals surface area (Å²) in [6.45, 7) is 5.74. The molecule has 8 nitrogen and oxygen atoms in total. The normalized spacial score (nSPS) is 23.0. The molecular weight excluding hydrogens is 536 g/mol. The van der Waals surface area contributed by atoms with Crippen LogP contribution < -0.4 is 10.0 Å². The van der Waals surface area contributed by atoms with Gasteiger partial charge in [0.25, 0.3) is 0 Å². The van der Waals surface area contributed by atoms with Crippen LogP contribution in [0.4, 0.5) is 13.6 Å². The van der Waals surface area contributed by atoms with Gasteiger partial charge in [-0.2, -0.15) is 0 Å². The van der Waals surface area contributed by atoms with Crippen molar-refractivity contribution >= 4 is 45.1 Å². The number of hydrogen-bond acceptors (Lipinski definition) is 6. The molecule has 4 amide bonds. The Balaban J connectivity index is 1.87. The largest absolute Gasteiger partial charge is 0.598 e. The maximum Gasteiger partial charge on any atom is 0.331 e. The summed E-state index contributed by atoms with van der Waals surface area (Å²) in [6, 6.07) is 1.24. The molecule has 0 radical (unpaired) electrons. The first-order valence-corrected chi connectivity index (χ1v) is 12.9. The summed E-state index contributed by atoms with van der Waals surface area (Å²) < 4.78 is 50.8. The molecule has 2 aliphatic heterocycles. The van der Waals surface area contributed by atoms with Crippen molar-refractivity contribution in [1.29, 1.82) is 0 Å². The van der Waals surface area contributed by atoms with Gasteiger partial charge in [0.2, 0.25) is 11.8 Å². The molecule has 188 valence electrons. The number of carbonyl (C=O) groups excluding carboxylic acids is 3. The zero-order valence-electron chi connectivity index (χ0n) is 19.1. The van der Waals surface area contributed by atoms with Crippen molar-refractivity contribution in [3.05, 3.63) is 34.1 Å². The average Bonchev–Trinajstić information content (AvgIpc) is 2.76. The van der Waals surface area contributed by atoms with E-state index >= 15 is 4.39 Å². The van der Waals surface area contributed by atoms with Crippen LogP contribution in [0.3, 0.4) is 0 Å². The zero-order valence-corrected chi connectivity index (χ0v) is 21.5. The van der Waals surface area contributed by atoms with E-state index in [9.17, 15) is 23.3 Å². The van der Waals surface area contributed by atoms with Crippen LogP contribution in [-0.2, 0) is 25.7 Å². The lowest BCUT2D eigenvalue weighted by molar-refractivity contribution is -0.146. The van der Waals surface area contributed by atoms with Gasteiger partial charge in [-0.3, -0.25) is 19.8 Å². The lowest BCUT2D eigenvalue weighted by Crippen LogP contribution is -2.62. The molecule has 12 heteroatoms. The minimum Gasteiger partial charge on any atom is -0.598 e. The van der Waals surface area contributed by atoms with Crippen LogP contribution in [-0.4, -0.2) is 57.5 Å². The van der Waals surface area contributed by atoms with Crippen LogP contribution in [0.1, 0.15) is 51.6 Å². The zero-order chi connectivity index (χ0) is 25.2. The van der Waals surface area contributed by atoms with Gasteiger partial charge in [-0.05, 0) is 51.8 Å². The summed E-state index contributed by atoms with van der Waals surface area (Å²) >= 11 is 1.45. The summed E-state index contributed by atoms with van der Waals surface area (Å²) in [5.74, 6) is -3.93. The van der Waals surface area contributed by atoms with Gasteiger partial charge in [0.1, 0.15) is 28.7 Å². The number of ether oxygens (including phenoxy) is 1. The van der Waals surface area contributed by atoms with Crippen molar-refractivity contribution in [3.63, 3.8) is 0 Å². The highest BCUT2D eigenvalue weighted by Gasteiger charge is 2.46. The van der Waals surface area contributed by atoms with E-state index in [0.717, 1.165) is 11.0 Å². The highest BCUT2D eigenvalue weighted by Crippen LogP contribution is 2.33. The third-order valence-corrected chi connectivity index (χ3v) is 7.84. The molecule has 2 heterocycles. The minimum absolute atomic E-state index is 0.0968. The minimum atomic E-state index is -1.97. The second kappa shape index (κ2) is 11.0. The van der Waals surface area contributed by atoms with E-state index in [-0.39, 0.29) is 5.56 Å². The lowest BCUT2D eigenvalue weighted by atomic mass is 9.91. The predicted molar refractivity (Wildman–Crippen MR) is 125 cm³/mol. The standard InChI is InChI=1S/C22H28BrF2N3O5S/c1-22(2,3)34(32)27-18(14-10-12(23)4-5-16(14)24)17(25)11-15-19(29)26-21(31)28(20(15)30)13-6-8-33-9-7-13/h4-5,10,13,15,17-18,27H,6-9,11H2,1-3H3,(H,26,29,31)/t15-,17-,18+,34?/m1/s1. The van der Waals surface area contributed by atoms with Crippen molar-refractivity contribution < 1.29 is 32.5 Å². The van der Waals surface area contributed by atoms with Crippen molar-refractivity contribution in [2.45, 2.75) is 63.0 Å². The van der Waals surface area contributed by atoms with Crippen molar-refractivity contribution in [3.8, 4) is 0 Å². The number of imide groups is 2. The van der Waals surface area contributed by atoms with Crippen molar-refractivity contribution in [1.82, 2.24) is 14.9 Å². The van der Waals surface area contributed by atoms with Gasteiger partial charge in [0, 0.05) is 47.1 Å². The fourth-order valence-corrected chi connectivity index (χ4v) is 5.11. The first-order chi connectivity index (χ1) is 15.9. The number of nitrogens with zero attached hydrogens (tertiary/aromatic N) is 1. The number of urea groups is 1. The Morgan fingerprint density at radius 3 is 2.56 bits per heavy atom. The van der Waals surface area contributed by atoms with Gasteiger partial charge < -0.3 is 9.29 Å². The number of benzene rings is 1. The van der Waals surface area contributed by atoms with Gasteiger partial charge in [0.05, 0.1) is 0 Å². The molecule has 0 spiro atoms. The maximum atomic E-state index is 15.8. The Labute approximate surface area is 208 Å². The number of carbonyl (C=O) groups is 3. The number of hydrogen-bond donors (Lipinski definition) is 2. The number of nitrogens with one attached hydrogen (secondary N) is 2.